The van der Waals surface area contributed by atoms with Crippen LogP contribution in [0.25, 0.3) is 0 Å². The summed E-state index contributed by atoms with van der Waals surface area (Å²) in [6.45, 7) is 6.39. The fourth-order valence-electron chi connectivity index (χ4n) is 2.94. The predicted octanol–water partition coefficient (Wildman–Crippen LogP) is 5.25. The third kappa shape index (κ3) is 6.23. The van der Waals surface area contributed by atoms with Crippen molar-refractivity contribution in [2.45, 2.75) is 13.8 Å². The number of rotatable bonds is 10. The van der Waals surface area contributed by atoms with E-state index in [0.29, 0.717) is 26.4 Å². The van der Waals surface area contributed by atoms with Crippen molar-refractivity contribution in [3.05, 3.63) is 83.9 Å². The van der Waals surface area contributed by atoms with Gasteiger partial charge in [-0.2, -0.15) is 0 Å². The van der Waals surface area contributed by atoms with Crippen LogP contribution in [0, 0.1) is 13.8 Å². The maximum atomic E-state index is 5.88. The average Bonchev–Trinajstić information content (AvgIpc) is 2.69. The maximum absolute atomic E-state index is 5.88. The highest BCUT2D eigenvalue weighted by molar-refractivity contribution is 5.56. The van der Waals surface area contributed by atoms with E-state index in [2.05, 4.69) is 37.4 Å². The maximum Gasteiger partial charge on any atom is 0.142 e. The monoisotopic (exact) mass is 377 g/mol. The topological polar surface area (TPSA) is 39.7 Å². The Morgan fingerprint density at radius 1 is 0.643 bits per heavy atom. The molecular weight excluding hydrogens is 350 g/mol. The summed E-state index contributed by atoms with van der Waals surface area (Å²) in [6, 6.07) is 23.9. The van der Waals surface area contributed by atoms with Gasteiger partial charge in [0.25, 0.3) is 0 Å². The molecule has 1 N–H and O–H groups in total. The minimum atomic E-state index is 0.479. The standard InChI is InChI=1S/C24H27NO3/c1-19-16-20(2)18-22(17-19)26-13-12-25-23-10-6-7-11-24(23)28-15-14-27-21-8-4-3-5-9-21/h3-11,16-18,25H,12-15H2,1-2H3. The lowest BCUT2D eigenvalue weighted by Crippen LogP contribution is -2.14. The van der Waals surface area contributed by atoms with E-state index in [1.165, 1.54) is 11.1 Å². The van der Waals surface area contributed by atoms with Crippen LogP contribution in [0.3, 0.4) is 0 Å². The van der Waals surface area contributed by atoms with Crippen LogP contribution < -0.4 is 19.5 Å². The minimum absolute atomic E-state index is 0.479. The molecule has 0 heterocycles. The molecule has 0 aromatic heterocycles. The summed E-state index contributed by atoms with van der Waals surface area (Å²) in [5.41, 5.74) is 3.37. The van der Waals surface area contributed by atoms with Crippen LogP contribution in [-0.4, -0.2) is 26.4 Å². The molecule has 0 saturated heterocycles. The first-order valence-corrected chi connectivity index (χ1v) is 9.55. The molecule has 0 amide bonds. The van der Waals surface area contributed by atoms with E-state index in [4.69, 9.17) is 14.2 Å². The number of anilines is 1. The van der Waals surface area contributed by atoms with Crippen LogP contribution in [0.4, 0.5) is 5.69 Å². The van der Waals surface area contributed by atoms with Gasteiger partial charge in [0.15, 0.2) is 0 Å². The van der Waals surface area contributed by atoms with E-state index in [1.54, 1.807) is 0 Å². The van der Waals surface area contributed by atoms with Gasteiger partial charge in [-0.3, -0.25) is 0 Å². The van der Waals surface area contributed by atoms with Crippen LogP contribution in [0.5, 0.6) is 17.2 Å². The zero-order valence-corrected chi connectivity index (χ0v) is 16.5. The van der Waals surface area contributed by atoms with Gasteiger partial charge in [-0.15, -0.1) is 0 Å². The summed E-state index contributed by atoms with van der Waals surface area (Å²) in [5, 5.41) is 3.38. The van der Waals surface area contributed by atoms with Gasteiger partial charge >= 0.3 is 0 Å². The Labute approximate surface area is 167 Å². The number of nitrogens with one attached hydrogen (secondary N) is 1. The van der Waals surface area contributed by atoms with Gasteiger partial charge in [-0.1, -0.05) is 36.4 Å². The van der Waals surface area contributed by atoms with Gasteiger partial charge in [0.05, 0.1) is 5.69 Å². The fourth-order valence-corrected chi connectivity index (χ4v) is 2.94. The Morgan fingerprint density at radius 2 is 1.29 bits per heavy atom. The highest BCUT2D eigenvalue weighted by Crippen LogP contribution is 2.23. The van der Waals surface area contributed by atoms with Crippen molar-refractivity contribution in [3.63, 3.8) is 0 Å². The summed E-state index contributed by atoms with van der Waals surface area (Å²) in [5.74, 6) is 2.56. The molecular formula is C24H27NO3. The summed E-state index contributed by atoms with van der Waals surface area (Å²) < 4.78 is 17.4. The molecule has 28 heavy (non-hydrogen) atoms. The molecule has 4 heteroatoms. The van der Waals surface area contributed by atoms with Crippen molar-refractivity contribution in [2.24, 2.45) is 0 Å². The summed E-state index contributed by atoms with van der Waals surface area (Å²) in [6.07, 6.45) is 0. The molecule has 0 aliphatic rings. The van der Waals surface area contributed by atoms with Crippen molar-refractivity contribution in [2.75, 3.05) is 31.7 Å². The third-order valence-corrected chi connectivity index (χ3v) is 4.12. The summed E-state index contributed by atoms with van der Waals surface area (Å²) in [7, 11) is 0. The summed E-state index contributed by atoms with van der Waals surface area (Å²) >= 11 is 0. The fraction of sp³-hybridized carbons (Fsp3) is 0.250. The third-order valence-electron chi connectivity index (χ3n) is 4.12. The SMILES string of the molecule is Cc1cc(C)cc(OCCNc2ccccc2OCCOc2ccccc2)c1. The Bertz CT molecular complexity index is 844. The molecule has 3 aromatic carbocycles. The molecule has 0 radical (unpaired) electrons. The Morgan fingerprint density at radius 3 is 2.07 bits per heavy atom. The van der Waals surface area contributed by atoms with E-state index >= 15 is 0 Å². The highest BCUT2D eigenvalue weighted by Gasteiger charge is 2.03. The lowest BCUT2D eigenvalue weighted by Gasteiger charge is -2.14. The highest BCUT2D eigenvalue weighted by atomic mass is 16.5. The van der Waals surface area contributed by atoms with E-state index in [-0.39, 0.29) is 0 Å². The van der Waals surface area contributed by atoms with Gasteiger partial charge in [-0.25, -0.2) is 0 Å². The molecule has 0 fully saturated rings. The normalized spacial score (nSPS) is 10.4. The number of benzene rings is 3. The molecule has 0 spiro atoms. The lowest BCUT2D eigenvalue weighted by molar-refractivity contribution is 0.217. The number of ether oxygens (including phenoxy) is 3. The molecule has 3 aromatic rings. The van der Waals surface area contributed by atoms with Crippen LogP contribution in [0.1, 0.15) is 11.1 Å². The smallest absolute Gasteiger partial charge is 0.142 e. The van der Waals surface area contributed by atoms with Gasteiger partial charge in [0.2, 0.25) is 0 Å². The van der Waals surface area contributed by atoms with E-state index in [0.717, 1.165) is 22.9 Å². The van der Waals surface area contributed by atoms with Crippen LogP contribution >= 0.6 is 0 Å². The van der Waals surface area contributed by atoms with Crippen LogP contribution in [-0.2, 0) is 0 Å². The van der Waals surface area contributed by atoms with Crippen molar-refractivity contribution >= 4 is 5.69 Å². The largest absolute Gasteiger partial charge is 0.492 e. The van der Waals surface area contributed by atoms with Gasteiger partial charge in [-0.05, 0) is 61.4 Å². The van der Waals surface area contributed by atoms with Crippen molar-refractivity contribution in [3.8, 4) is 17.2 Å². The number of hydrogen-bond donors (Lipinski definition) is 1. The zero-order valence-electron chi connectivity index (χ0n) is 16.5. The van der Waals surface area contributed by atoms with Crippen molar-refractivity contribution in [1.82, 2.24) is 0 Å². The zero-order chi connectivity index (χ0) is 19.6. The van der Waals surface area contributed by atoms with Crippen molar-refractivity contribution in [1.29, 1.82) is 0 Å². The number of hydrogen-bond acceptors (Lipinski definition) is 4. The second-order valence-corrected chi connectivity index (χ2v) is 6.60. The molecule has 0 saturated carbocycles. The number of aryl methyl sites for hydroxylation is 2. The Balaban J connectivity index is 1.43. The second kappa shape index (κ2) is 10.3. The van der Waals surface area contributed by atoms with E-state index in [1.807, 2.05) is 54.6 Å². The second-order valence-electron chi connectivity index (χ2n) is 6.60. The molecule has 0 aliphatic carbocycles. The van der Waals surface area contributed by atoms with Crippen molar-refractivity contribution < 1.29 is 14.2 Å². The first-order valence-electron chi connectivity index (χ1n) is 9.55. The van der Waals surface area contributed by atoms with Crippen LogP contribution in [0.15, 0.2) is 72.8 Å². The summed E-state index contributed by atoms with van der Waals surface area (Å²) in [4.78, 5) is 0. The Kier molecular flexibility index (Phi) is 7.19. The molecule has 3 rings (SSSR count). The predicted molar refractivity (Wildman–Crippen MR) is 114 cm³/mol. The van der Waals surface area contributed by atoms with E-state index < -0.39 is 0 Å². The molecule has 0 unspecified atom stereocenters. The molecule has 4 nitrogen and oxygen atoms in total. The van der Waals surface area contributed by atoms with Gasteiger partial charge in [0, 0.05) is 6.54 Å². The number of para-hydroxylation sites is 3. The first kappa shape index (κ1) is 19.6. The molecule has 0 aliphatic heterocycles. The lowest BCUT2D eigenvalue weighted by atomic mass is 10.1. The molecule has 0 atom stereocenters. The average molecular weight is 377 g/mol. The van der Waals surface area contributed by atoms with Gasteiger partial charge < -0.3 is 19.5 Å². The minimum Gasteiger partial charge on any atom is -0.492 e. The first-order chi connectivity index (χ1) is 13.7. The molecule has 146 valence electrons. The Hall–Kier alpha value is -3.14. The van der Waals surface area contributed by atoms with E-state index in [9.17, 15) is 0 Å². The quantitative estimate of drug-likeness (QED) is 0.490. The van der Waals surface area contributed by atoms with Crippen LogP contribution in [0.2, 0.25) is 0 Å². The molecule has 0 bridgehead atoms. The van der Waals surface area contributed by atoms with Gasteiger partial charge in [0.1, 0.15) is 37.1 Å².